The van der Waals surface area contributed by atoms with Crippen molar-refractivity contribution in [3.63, 3.8) is 0 Å². The van der Waals surface area contributed by atoms with Crippen LogP contribution in [0.2, 0.25) is 0 Å². The second-order valence-corrected chi connectivity index (χ2v) is 5.58. The number of hydrogen-bond donors (Lipinski definition) is 1. The third-order valence-electron chi connectivity index (χ3n) is 3.15. The van der Waals surface area contributed by atoms with E-state index in [0.29, 0.717) is 0 Å². The molecule has 1 aliphatic rings. The molecule has 1 fully saturated rings. The Labute approximate surface area is 105 Å². The quantitative estimate of drug-likeness (QED) is 0.642. The van der Waals surface area contributed by atoms with Crippen LogP contribution in [0.3, 0.4) is 0 Å². The molecule has 1 aliphatic heterocycles. The normalized spacial score (nSPS) is 19.1. The van der Waals surface area contributed by atoms with Gasteiger partial charge in [-0.2, -0.15) is 11.8 Å². The van der Waals surface area contributed by atoms with Crippen LogP contribution < -0.4 is 5.32 Å². The highest BCUT2D eigenvalue weighted by Crippen LogP contribution is 1.99. The summed E-state index contributed by atoms with van der Waals surface area (Å²) in [5.74, 6) is 1.31. The molecule has 0 radical (unpaired) electrons. The Hall–Kier alpha value is 0.230. The molecule has 0 spiro atoms. The van der Waals surface area contributed by atoms with E-state index < -0.39 is 0 Å². The fourth-order valence-electron chi connectivity index (χ4n) is 1.93. The van der Waals surface area contributed by atoms with Crippen LogP contribution in [0.25, 0.3) is 0 Å². The standard InChI is InChI=1S/C12H27N3S/c1-14-8-10-15(11-9-14)7-6-13-5-3-4-12-16-2/h13H,3-12H2,1-2H3. The summed E-state index contributed by atoms with van der Waals surface area (Å²) in [6.45, 7) is 8.50. The third-order valence-corrected chi connectivity index (χ3v) is 3.85. The second kappa shape index (κ2) is 9.28. The Morgan fingerprint density at radius 1 is 1.06 bits per heavy atom. The van der Waals surface area contributed by atoms with Crippen LogP contribution in [0.4, 0.5) is 0 Å². The number of hydrogen-bond acceptors (Lipinski definition) is 4. The Morgan fingerprint density at radius 3 is 2.50 bits per heavy atom. The molecule has 0 bridgehead atoms. The van der Waals surface area contributed by atoms with Crippen molar-refractivity contribution in [1.82, 2.24) is 15.1 Å². The predicted molar refractivity (Wildman–Crippen MR) is 74.4 cm³/mol. The highest BCUT2D eigenvalue weighted by Gasteiger charge is 2.12. The van der Waals surface area contributed by atoms with Crippen molar-refractivity contribution in [3.8, 4) is 0 Å². The molecule has 16 heavy (non-hydrogen) atoms. The maximum atomic E-state index is 3.54. The summed E-state index contributed by atoms with van der Waals surface area (Å²) in [6, 6.07) is 0. The monoisotopic (exact) mass is 245 g/mol. The molecule has 0 unspecified atom stereocenters. The van der Waals surface area contributed by atoms with Crippen LogP contribution in [0.5, 0.6) is 0 Å². The maximum Gasteiger partial charge on any atom is 0.0110 e. The van der Waals surface area contributed by atoms with E-state index in [1.165, 1.54) is 57.9 Å². The summed E-state index contributed by atoms with van der Waals surface area (Å²) in [6.07, 6.45) is 4.85. The van der Waals surface area contributed by atoms with Gasteiger partial charge in [-0.1, -0.05) is 0 Å². The Morgan fingerprint density at radius 2 is 1.81 bits per heavy atom. The molecule has 0 aromatic carbocycles. The van der Waals surface area contributed by atoms with E-state index in [4.69, 9.17) is 0 Å². The SMILES string of the molecule is CSCCCCNCCN1CCN(C)CC1. The lowest BCUT2D eigenvalue weighted by Crippen LogP contribution is -2.46. The minimum absolute atomic E-state index is 1.16. The molecule has 0 amide bonds. The van der Waals surface area contributed by atoms with Crippen molar-refractivity contribution in [3.05, 3.63) is 0 Å². The van der Waals surface area contributed by atoms with E-state index in [9.17, 15) is 0 Å². The van der Waals surface area contributed by atoms with Gasteiger partial charge in [0.15, 0.2) is 0 Å². The number of unbranched alkanes of at least 4 members (excludes halogenated alkanes) is 1. The van der Waals surface area contributed by atoms with Gasteiger partial charge in [-0.15, -0.1) is 0 Å². The number of piperazine rings is 1. The topological polar surface area (TPSA) is 18.5 Å². The third kappa shape index (κ3) is 6.74. The van der Waals surface area contributed by atoms with E-state index >= 15 is 0 Å². The second-order valence-electron chi connectivity index (χ2n) is 4.59. The van der Waals surface area contributed by atoms with E-state index in [-0.39, 0.29) is 0 Å². The van der Waals surface area contributed by atoms with Crippen LogP contribution in [-0.4, -0.2) is 74.7 Å². The van der Waals surface area contributed by atoms with Crippen LogP contribution >= 0.6 is 11.8 Å². The van der Waals surface area contributed by atoms with Crippen molar-refractivity contribution in [2.24, 2.45) is 0 Å². The summed E-state index contributed by atoms with van der Waals surface area (Å²) in [4.78, 5) is 4.97. The van der Waals surface area contributed by atoms with E-state index in [0.717, 1.165) is 6.54 Å². The molecule has 0 aromatic rings. The number of likely N-dealkylation sites (N-methyl/N-ethyl adjacent to an activating group) is 1. The number of rotatable bonds is 8. The fourth-order valence-corrected chi connectivity index (χ4v) is 2.42. The van der Waals surface area contributed by atoms with Crippen molar-refractivity contribution in [1.29, 1.82) is 0 Å². The molecule has 0 saturated carbocycles. The van der Waals surface area contributed by atoms with Gasteiger partial charge in [0.2, 0.25) is 0 Å². The minimum atomic E-state index is 1.16. The van der Waals surface area contributed by atoms with Gasteiger partial charge in [0.1, 0.15) is 0 Å². The van der Waals surface area contributed by atoms with Gasteiger partial charge in [-0.25, -0.2) is 0 Å². The van der Waals surface area contributed by atoms with Gasteiger partial charge in [-0.3, -0.25) is 4.90 Å². The first-order valence-electron chi connectivity index (χ1n) is 6.43. The van der Waals surface area contributed by atoms with Gasteiger partial charge in [0.05, 0.1) is 0 Å². The number of nitrogens with one attached hydrogen (secondary N) is 1. The molecule has 0 aliphatic carbocycles. The van der Waals surface area contributed by atoms with Gasteiger partial charge in [-0.05, 0) is 38.4 Å². The lowest BCUT2D eigenvalue weighted by molar-refractivity contribution is 0.155. The van der Waals surface area contributed by atoms with Gasteiger partial charge < -0.3 is 10.2 Å². The predicted octanol–water partition coefficient (Wildman–Crippen LogP) is 0.967. The zero-order valence-corrected chi connectivity index (χ0v) is 11.7. The van der Waals surface area contributed by atoms with E-state index in [2.05, 4.69) is 28.4 Å². The summed E-state index contributed by atoms with van der Waals surface area (Å²) in [5, 5.41) is 3.54. The zero-order chi connectivity index (χ0) is 11.6. The average molecular weight is 245 g/mol. The first kappa shape index (κ1) is 14.3. The molecule has 1 saturated heterocycles. The Balaban J connectivity index is 1.84. The summed E-state index contributed by atoms with van der Waals surface area (Å²) < 4.78 is 0. The van der Waals surface area contributed by atoms with Gasteiger partial charge in [0, 0.05) is 39.3 Å². The Kier molecular flexibility index (Phi) is 8.29. The molecule has 1 N–H and O–H groups in total. The molecule has 0 aromatic heterocycles. The van der Waals surface area contributed by atoms with Crippen molar-refractivity contribution in [2.45, 2.75) is 12.8 Å². The first-order chi connectivity index (χ1) is 7.83. The summed E-state index contributed by atoms with van der Waals surface area (Å²) >= 11 is 1.95. The molecular weight excluding hydrogens is 218 g/mol. The number of nitrogens with zero attached hydrogens (tertiary/aromatic N) is 2. The minimum Gasteiger partial charge on any atom is -0.315 e. The van der Waals surface area contributed by atoms with Crippen molar-refractivity contribution >= 4 is 11.8 Å². The van der Waals surface area contributed by atoms with Gasteiger partial charge >= 0.3 is 0 Å². The highest BCUT2D eigenvalue weighted by molar-refractivity contribution is 7.98. The first-order valence-corrected chi connectivity index (χ1v) is 7.83. The van der Waals surface area contributed by atoms with Gasteiger partial charge in [0.25, 0.3) is 0 Å². The molecule has 1 heterocycles. The molecule has 0 atom stereocenters. The summed E-state index contributed by atoms with van der Waals surface area (Å²) in [5.41, 5.74) is 0. The Bertz CT molecular complexity index is 158. The molecular formula is C12H27N3S. The van der Waals surface area contributed by atoms with E-state index in [1.54, 1.807) is 0 Å². The van der Waals surface area contributed by atoms with E-state index in [1.807, 2.05) is 11.8 Å². The van der Waals surface area contributed by atoms with Crippen LogP contribution in [0.1, 0.15) is 12.8 Å². The van der Waals surface area contributed by atoms with Crippen molar-refractivity contribution in [2.75, 3.05) is 64.9 Å². The molecule has 96 valence electrons. The highest BCUT2D eigenvalue weighted by atomic mass is 32.2. The zero-order valence-electron chi connectivity index (χ0n) is 10.9. The van der Waals surface area contributed by atoms with Crippen molar-refractivity contribution < 1.29 is 0 Å². The average Bonchev–Trinajstić information content (AvgIpc) is 2.30. The molecule has 1 rings (SSSR count). The molecule has 3 nitrogen and oxygen atoms in total. The largest absolute Gasteiger partial charge is 0.315 e. The van der Waals surface area contributed by atoms with Crippen LogP contribution in [0, 0.1) is 0 Å². The smallest absolute Gasteiger partial charge is 0.0110 e. The fraction of sp³-hybridized carbons (Fsp3) is 1.00. The lowest BCUT2D eigenvalue weighted by atomic mass is 10.3. The molecule has 4 heteroatoms. The van der Waals surface area contributed by atoms with Crippen LogP contribution in [0.15, 0.2) is 0 Å². The summed E-state index contributed by atoms with van der Waals surface area (Å²) in [7, 11) is 2.21. The number of thioether (sulfide) groups is 1. The lowest BCUT2D eigenvalue weighted by Gasteiger charge is -2.32. The maximum absolute atomic E-state index is 3.54. The van der Waals surface area contributed by atoms with Crippen LogP contribution in [-0.2, 0) is 0 Å².